The zero-order valence-corrected chi connectivity index (χ0v) is 11.0. The first-order chi connectivity index (χ1) is 7.99. The van der Waals surface area contributed by atoms with Gasteiger partial charge in [-0.25, -0.2) is 9.59 Å². The van der Waals surface area contributed by atoms with E-state index >= 15 is 0 Å². The lowest BCUT2D eigenvalue weighted by Crippen LogP contribution is -2.03. The second-order valence-corrected chi connectivity index (χ2v) is 3.23. The molecule has 0 amide bonds. The molecule has 4 heteroatoms. The number of hydrogen-bond donors (Lipinski definition) is 0. The van der Waals surface area contributed by atoms with Gasteiger partial charge in [-0.1, -0.05) is 26.5 Å². The average molecular weight is 242 g/mol. The van der Waals surface area contributed by atoms with Crippen molar-refractivity contribution in [2.45, 2.75) is 33.6 Å². The van der Waals surface area contributed by atoms with Crippen molar-refractivity contribution in [1.82, 2.24) is 0 Å². The number of carbonyl (C=O) groups excluding carboxylic acids is 2. The Kier molecular flexibility index (Phi) is 13.1. The third-order valence-electron chi connectivity index (χ3n) is 1.53. The van der Waals surface area contributed by atoms with Gasteiger partial charge in [0.25, 0.3) is 0 Å². The van der Waals surface area contributed by atoms with Crippen molar-refractivity contribution in [3.8, 4) is 0 Å². The van der Waals surface area contributed by atoms with Crippen LogP contribution in [0.4, 0.5) is 0 Å². The molecule has 4 nitrogen and oxygen atoms in total. The van der Waals surface area contributed by atoms with Crippen LogP contribution in [0.15, 0.2) is 24.8 Å². The lowest BCUT2D eigenvalue weighted by molar-refractivity contribution is -0.139. The number of ether oxygens (including phenoxy) is 2. The highest BCUT2D eigenvalue weighted by Gasteiger charge is 1.98. The number of rotatable bonds is 6. The molecule has 0 unspecified atom stereocenters. The summed E-state index contributed by atoms with van der Waals surface area (Å²) >= 11 is 0. The molecule has 0 aliphatic heterocycles. The lowest BCUT2D eigenvalue weighted by Gasteiger charge is -1.97. The van der Waals surface area contributed by atoms with Gasteiger partial charge in [0.1, 0.15) is 0 Å². The van der Waals surface area contributed by atoms with Crippen molar-refractivity contribution in [3.63, 3.8) is 0 Å². The Balaban J connectivity index is 0. The van der Waals surface area contributed by atoms with Gasteiger partial charge < -0.3 is 9.47 Å². The quantitative estimate of drug-likeness (QED) is 0.408. The number of carbonyl (C=O) groups is 2. The summed E-state index contributed by atoms with van der Waals surface area (Å²) in [6.07, 6.45) is 3.15. The monoisotopic (exact) mass is 242 g/mol. The highest BCUT2D eigenvalue weighted by Crippen LogP contribution is 1.89. The van der Waals surface area contributed by atoms with E-state index in [0.717, 1.165) is 12.8 Å². The van der Waals surface area contributed by atoms with E-state index in [4.69, 9.17) is 0 Å². The maximum Gasteiger partial charge on any atom is 0.333 e. The molecule has 0 aromatic heterocycles. The predicted molar refractivity (Wildman–Crippen MR) is 67.5 cm³/mol. The zero-order valence-electron chi connectivity index (χ0n) is 11.0. The smallest absolute Gasteiger partial charge is 0.333 e. The van der Waals surface area contributed by atoms with E-state index in [9.17, 15) is 9.59 Å². The number of hydrogen-bond acceptors (Lipinski definition) is 4. The van der Waals surface area contributed by atoms with Gasteiger partial charge in [-0.2, -0.15) is 0 Å². The van der Waals surface area contributed by atoms with Crippen molar-refractivity contribution < 1.29 is 19.1 Å². The fourth-order valence-corrected chi connectivity index (χ4v) is 0.630. The van der Waals surface area contributed by atoms with Crippen LogP contribution in [0, 0.1) is 0 Å². The topological polar surface area (TPSA) is 52.6 Å². The standard InChI is InChI=1S/C7H12O2.C6H10O2/c1-3-5-6-9-7(8)4-2;1-4-8-6(7)5(2)3/h4H,2-3,5-6H2,1H3;2,4H2,1,3H3. The summed E-state index contributed by atoms with van der Waals surface area (Å²) in [6, 6.07) is 0. The molecular formula is C13H22O4. The van der Waals surface area contributed by atoms with Gasteiger partial charge in [-0.3, -0.25) is 0 Å². The highest BCUT2D eigenvalue weighted by molar-refractivity contribution is 5.86. The van der Waals surface area contributed by atoms with Gasteiger partial charge in [0.05, 0.1) is 13.2 Å². The predicted octanol–water partition coefficient (Wildman–Crippen LogP) is 2.64. The van der Waals surface area contributed by atoms with Crippen LogP contribution in [0.2, 0.25) is 0 Å². The Hall–Kier alpha value is -1.58. The van der Waals surface area contributed by atoms with Crippen molar-refractivity contribution in [2.24, 2.45) is 0 Å². The first-order valence-electron chi connectivity index (χ1n) is 5.61. The Bertz CT molecular complexity index is 256. The molecule has 0 saturated carbocycles. The van der Waals surface area contributed by atoms with Crippen LogP contribution in [0.3, 0.4) is 0 Å². The van der Waals surface area contributed by atoms with Gasteiger partial charge in [0.2, 0.25) is 0 Å². The maximum absolute atomic E-state index is 10.4. The molecule has 0 bridgehead atoms. The van der Waals surface area contributed by atoms with Crippen LogP contribution >= 0.6 is 0 Å². The molecule has 0 spiro atoms. The fraction of sp³-hybridized carbons (Fsp3) is 0.538. The maximum atomic E-state index is 10.4. The molecule has 0 saturated heterocycles. The van der Waals surface area contributed by atoms with Crippen LogP contribution in [0.5, 0.6) is 0 Å². The van der Waals surface area contributed by atoms with Crippen molar-refractivity contribution in [2.75, 3.05) is 13.2 Å². The Morgan fingerprint density at radius 1 is 1.24 bits per heavy atom. The minimum atomic E-state index is -0.330. The summed E-state index contributed by atoms with van der Waals surface area (Å²) in [5, 5.41) is 0. The number of unbranched alkanes of at least 4 members (excludes halogenated alkanes) is 1. The normalized spacial score (nSPS) is 8.41. The molecule has 0 aromatic rings. The molecular weight excluding hydrogens is 220 g/mol. The first kappa shape index (κ1) is 17.8. The van der Waals surface area contributed by atoms with E-state index in [1.54, 1.807) is 13.8 Å². The summed E-state index contributed by atoms with van der Waals surface area (Å²) in [6.45, 7) is 13.0. The van der Waals surface area contributed by atoms with Crippen molar-refractivity contribution in [1.29, 1.82) is 0 Å². The molecule has 0 aliphatic carbocycles. The molecule has 0 aromatic carbocycles. The molecule has 0 atom stereocenters. The summed E-state index contributed by atoms with van der Waals surface area (Å²) in [4.78, 5) is 20.8. The zero-order chi connectivity index (χ0) is 13.7. The summed E-state index contributed by atoms with van der Waals surface area (Å²) < 4.78 is 9.24. The lowest BCUT2D eigenvalue weighted by atomic mass is 10.4. The minimum absolute atomic E-state index is 0.312. The number of esters is 2. The van der Waals surface area contributed by atoms with E-state index in [1.807, 2.05) is 6.92 Å². The molecule has 98 valence electrons. The van der Waals surface area contributed by atoms with Crippen LogP contribution in [0.1, 0.15) is 33.6 Å². The van der Waals surface area contributed by atoms with E-state index in [0.29, 0.717) is 18.8 Å². The fourth-order valence-electron chi connectivity index (χ4n) is 0.630. The average Bonchev–Trinajstić information content (AvgIpc) is 2.30. The van der Waals surface area contributed by atoms with E-state index < -0.39 is 0 Å². The third-order valence-corrected chi connectivity index (χ3v) is 1.53. The molecule has 0 N–H and O–H groups in total. The summed E-state index contributed by atoms with van der Waals surface area (Å²) in [5.41, 5.74) is 0.451. The first-order valence-corrected chi connectivity index (χ1v) is 5.61. The van der Waals surface area contributed by atoms with Gasteiger partial charge in [0.15, 0.2) is 0 Å². The van der Waals surface area contributed by atoms with Gasteiger partial charge >= 0.3 is 11.9 Å². The van der Waals surface area contributed by atoms with Crippen LogP contribution < -0.4 is 0 Å². The Labute approximate surface area is 103 Å². The van der Waals surface area contributed by atoms with Gasteiger partial charge in [0, 0.05) is 11.6 Å². The molecule has 0 rings (SSSR count). The summed E-state index contributed by atoms with van der Waals surface area (Å²) in [5.74, 6) is -0.643. The third kappa shape index (κ3) is 14.4. The van der Waals surface area contributed by atoms with Crippen LogP contribution in [-0.4, -0.2) is 25.2 Å². The largest absolute Gasteiger partial charge is 0.463 e. The Morgan fingerprint density at radius 2 is 1.82 bits per heavy atom. The SMILES string of the molecule is C=C(C)C(=O)OCC.C=CC(=O)OCCCC. The second kappa shape index (κ2) is 12.5. The summed E-state index contributed by atoms with van der Waals surface area (Å²) in [7, 11) is 0. The Morgan fingerprint density at radius 3 is 2.12 bits per heavy atom. The highest BCUT2D eigenvalue weighted by atomic mass is 16.5. The minimum Gasteiger partial charge on any atom is -0.463 e. The van der Waals surface area contributed by atoms with Crippen molar-refractivity contribution >= 4 is 11.9 Å². The second-order valence-electron chi connectivity index (χ2n) is 3.23. The molecule has 0 aliphatic rings. The molecule has 17 heavy (non-hydrogen) atoms. The van der Waals surface area contributed by atoms with E-state index in [-0.39, 0.29) is 11.9 Å². The van der Waals surface area contributed by atoms with E-state index in [1.165, 1.54) is 6.08 Å². The van der Waals surface area contributed by atoms with Crippen molar-refractivity contribution in [3.05, 3.63) is 24.8 Å². The van der Waals surface area contributed by atoms with E-state index in [2.05, 4.69) is 22.6 Å². The molecule has 0 radical (unpaired) electrons. The van der Waals surface area contributed by atoms with Gasteiger partial charge in [-0.15, -0.1) is 0 Å². The molecule has 0 fully saturated rings. The van der Waals surface area contributed by atoms with Crippen LogP contribution in [0.25, 0.3) is 0 Å². The molecule has 0 heterocycles. The van der Waals surface area contributed by atoms with Crippen LogP contribution in [-0.2, 0) is 19.1 Å². The van der Waals surface area contributed by atoms with Gasteiger partial charge in [-0.05, 0) is 20.3 Å².